The van der Waals surface area contributed by atoms with Crippen molar-refractivity contribution in [1.29, 1.82) is 0 Å². The summed E-state index contributed by atoms with van der Waals surface area (Å²) in [5.74, 6) is -1.19. The molecule has 0 spiro atoms. The minimum atomic E-state index is -4.95. The van der Waals surface area contributed by atoms with Gasteiger partial charge in [0.25, 0.3) is 0 Å². The van der Waals surface area contributed by atoms with E-state index < -0.39 is 47.7 Å². The number of Topliss-reactive ketones (excluding diaryl/α,β-unsaturated/α-hetero) is 1. The topological polar surface area (TPSA) is 162 Å². The van der Waals surface area contributed by atoms with Crippen molar-refractivity contribution in [3.63, 3.8) is 0 Å². The maximum absolute atomic E-state index is 10.7. The molecule has 3 atom stereocenters. The van der Waals surface area contributed by atoms with Gasteiger partial charge in [0.1, 0.15) is 24.9 Å². The van der Waals surface area contributed by atoms with Crippen LogP contribution in [-0.2, 0) is 19.4 Å². The molecule has 9 nitrogen and oxygen atoms in total. The van der Waals surface area contributed by atoms with Crippen LogP contribution in [0.2, 0.25) is 0 Å². The maximum atomic E-state index is 10.7. The Balaban J connectivity index is 4.65. The molecule has 0 fully saturated rings. The first-order valence-electron chi connectivity index (χ1n) is 3.99. The van der Waals surface area contributed by atoms with Crippen LogP contribution in [0.15, 0.2) is 0 Å². The number of carbonyl (C=O) groups excluding carboxylic acids is 1. The summed E-state index contributed by atoms with van der Waals surface area (Å²) in [7, 11) is -4.95. The standard InChI is InChI=1S/C6H12O9S/c7-1-3(9)5(10)6(11)4(2-8)15-16(12,13)14/h4-8,10-11H,1-2H2,(H,12,13,14)/t4-,5-,6-/m1/s1. The summed E-state index contributed by atoms with van der Waals surface area (Å²) in [4.78, 5) is 10.7. The van der Waals surface area contributed by atoms with E-state index in [0.29, 0.717) is 0 Å². The molecule has 0 aromatic carbocycles. The van der Waals surface area contributed by atoms with Crippen LogP contribution < -0.4 is 0 Å². The van der Waals surface area contributed by atoms with Crippen molar-refractivity contribution >= 4 is 16.2 Å². The molecule has 0 saturated carbocycles. The summed E-state index contributed by atoms with van der Waals surface area (Å²) in [5, 5.41) is 35.2. The molecule has 0 aliphatic heterocycles. The van der Waals surface area contributed by atoms with E-state index in [0.717, 1.165) is 0 Å². The zero-order chi connectivity index (χ0) is 12.9. The largest absolute Gasteiger partial charge is 0.397 e. The van der Waals surface area contributed by atoms with Gasteiger partial charge < -0.3 is 20.4 Å². The minimum absolute atomic E-state index is 1.07. The Bertz CT molecular complexity index is 323. The van der Waals surface area contributed by atoms with Crippen molar-refractivity contribution in [3.8, 4) is 0 Å². The summed E-state index contributed by atoms with van der Waals surface area (Å²) in [6.07, 6.45) is -6.16. The maximum Gasteiger partial charge on any atom is 0.397 e. The molecule has 96 valence electrons. The molecule has 0 aliphatic carbocycles. The van der Waals surface area contributed by atoms with Gasteiger partial charge in [0.05, 0.1) is 6.61 Å². The van der Waals surface area contributed by atoms with Gasteiger partial charge in [-0.15, -0.1) is 0 Å². The number of carbonyl (C=O) groups is 1. The van der Waals surface area contributed by atoms with Gasteiger partial charge in [-0.2, -0.15) is 8.42 Å². The van der Waals surface area contributed by atoms with Crippen molar-refractivity contribution in [2.24, 2.45) is 0 Å². The number of aliphatic hydroxyl groups excluding tert-OH is 4. The molecular formula is C6H12O9S. The predicted molar refractivity (Wildman–Crippen MR) is 47.6 cm³/mol. The molecule has 0 rings (SSSR count). The first-order chi connectivity index (χ1) is 7.22. The molecule has 5 N–H and O–H groups in total. The van der Waals surface area contributed by atoms with Crippen molar-refractivity contribution < 1.29 is 42.4 Å². The average Bonchev–Trinajstić information content (AvgIpc) is 2.21. The van der Waals surface area contributed by atoms with Gasteiger partial charge in [0.15, 0.2) is 5.78 Å². The second-order valence-corrected chi connectivity index (χ2v) is 3.85. The highest BCUT2D eigenvalue weighted by atomic mass is 32.3. The van der Waals surface area contributed by atoms with E-state index in [1.165, 1.54) is 0 Å². The lowest BCUT2D eigenvalue weighted by Gasteiger charge is -2.22. The minimum Gasteiger partial charge on any atom is -0.394 e. The zero-order valence-corrected chi connectivity index (χ0v) is 8.74. The summed E-state index contributed by atoms with van der Waals surface area (Å²) < 4.78 is 32.6. The van der Waals surface area contributed by atoms with Gasteiger partial charge in [0.2, 0.25) is 0 Å². The van der Waals surface area contributed by atoms with Crippen molar-refractivity contribution in [2.45, 2.75) is 18.3 Å². The van der Waals surface area contributed by atoms with E-state index in [1.807, 2.05) is 0 Å². The van der Waals surface area contributed by atoms with Crippen molar-refractivity contribution in [2.75, 3.05) is 13.2 Å². The predicted octanol–water partition coefficient (Wildman–Crippen LogP) is -3.55. The van der Waals surface area contributed by atoms with E-state index in [-0.39, 0.29) is 0 Å². The van der Waals surface area contributed by atoms with E-state index in [1.54, 1.807) is 0 Å². The highest BCUT2D eigenvalue weighted by Gasteiger charge is 2.33. The van der Waals surface area contributed by atoms with Crippen LogP contribution in [0.25, 0.3) is 0 Å². The number of rotatable bonds is 7. The molecule has 0 saturated heterocycles. The van der Waals surface area contributed by atoms with E-state index in [4.69, 9.17) is 19.9 Å². The summed E-state index contributed by atoms with van der Waals surface area (Å²) in [5.41, 5.74) is 0. The van der Waals surface area contributed by atoms with Gasteiger partial charge >= 0.3 is 10.4 Å². The SMILES string of the molecule is O=C(CO)[C@@H](O)[C@H](O)[C@@H](CO)OS(=O)(=O)O. The van der Waals surface area contributed by atoms with Crippen LogP contribution in [0.3, 0.4) is 0 Å². The van der Waals surface area contributed by atoms with Gasteiger partial charge in [-0.1, -0.05) is 0 Å². The summed E-state index contributed by atoms with van der Waals surface area (Å²) in [6.45, 7) is -2.15. The molecule has 0 unspecified atom stereocenters. The number of aliphatic hydroxyl groups is 4. The molecule has 0 radical (unpaired) electrons. The van der Waals surface area contributed by atoms with Gasteiger partial charge in [0, 0.05) is 0 Å². The second-order valence-electron chi connectivity index (χ2n) is 2.80. The normalized spacial score (nSPS) is 17.8. The lowest BCUT2D eigenvalue weighted by atomic mass is 10.1. The molecule has 0 amide bonds. The number of hydrogen-bond acceptors (Lipinski definition) is 8. The third-order valence-electron chi connectivity index (χ3n) is 1.62. The van der Waals surface area contributed by atoms with Crippen LogP contribution in [-0.4, -0.2) is 70.7 Å². The van der Waals surface area contributed by atoms with Crippen LogP contribution in [0.1, 0.15) is 0 Å². The molecule has 0 aromatic rings. The first-order valence-corrected chi connectivity index (χ1v) is 5.35. The van der Waals surface area contributed by atoms with Crippen LogP contribution >= 0.6 is 0 Å². The fourth-order valence-electron chi connectivity index (χ4n) is 0.839. The first kappa shape index (κ1) is 15.4. The van der Waals surface area contributed by atoms with Gasteiger partial charge in [-0.3, -0.25) is 9.35 Å². The molecule has 0 aromatic heterocycles. The summed E-state index contributed by atoms with van der Waals surface area (Å²) >= 11 is 0. The van der Waals surface area contributed by atoms with Crippen LogP contribution in [0, 0.1) is 0 Å². The Morgan fingerprint density at radius 3 is 2.06 bits per heavy atom. The lowest BCUT2D eigenvalue weighted by molar-refractivity contribution is -0.141. The second kappa shape index (κ2) is 6.20. The molecule has 0 bridgehead atoms. The van der Waals surface area contributed by atoms with Crippen molar-refractivity contribution in [1.82, 2.24) is 0 Å². The van der Waals surface area contributed by atoms with Gasteiger partial charge in [-0.25, -0.2) is 4.18 Å². The molecular weight excluding hydrogens is 248 g/mol. The molecule has 10 heteroatoms. The van der Waals surface area contributed by atoms with Crippen LogP contribution in [0.4, 0.5) is 0 Å². The highest BCUT2D eigenvalue weighted by molar-refractivity contribution is 7.80. The third-order valence-corrected chi connectivity index (χ3v) is 2.11. The Labute approximate surface area is 90.9 Å². The lowest BCUT2D eigenvalue weighted by Crippen LogP contribution is -2.46. The fraction of sp³-hybridized carbons (Fsp3) is 0.833. The Hall–Kier alpha value is -0.620. The Morgan fingerprint density at radius 1 is 1.25 bits per heavy atom. The Morgan fingerprint density at radius 2 is 1.75 bits per heavy atom. The average molecular weight is 260 g/mol. The highest BCUT2D eigenvalue weighted by Crippen LogP contribution is 2.08. The van der Waals surface area contributed by atoms with Gasteiger partial charge in [-0.05, 0) is 0 Å². The van der Waals surface area contributed by atoms with Crippen molar-refractivity contribution in [3.05, 3.63) is 0 Å². The molecule has 16 heavy (non-hydrogen) atoms. The van der Waals surface area contributed by atoms with E-state index >= 15 is 0 Å². The number of hydrogen-bond donors (Lipinski definition) is 5. The molecule has 0 aliphatic rings. The third kappa shape index (κ3) is 4.94. The number of ketones is 1. The molecule has 0 heterocycles. The van der Waals surface area contributed by atoms with E-state index in [2.05, 4.69) is 4.18 Å². The zero-order valence-electron chi connectivity index (χ0n) is 7.92. The van der Waals surface area contributed by atoms with Crippen LogP contribution in [0.5, 0.6) is 0 Å². The summed E-state index contributed by atoms with van der Waals surface area (Å²) in [6, 6.07) is 0. The smallest absolute Gasteiger partial charge is 0.394 e. The Kier molecular flexibility index (Phi) is 5.96. The quantitative estimate of drug-likeness (QED) is 0.292. The monoisotopic (exact) mass is 260 g/mol. The fourth-order valence-corrected chi connectivity index (χ4v) is 1.33. The van der Waals surface area contributed by atoms with E-state index in [9.17, 15) is 18.3 Å².